The van der Waals surface area contributed by atoms with Gasteiger partial charge < -0.3 is 5.73 Å². The summed E-state index contributed by atoms with van der Waals surface area (Å²) in [6, 6.07) is 5.67. The van der Waals surface area contributed by atoms with Crippen molar-refractivity contribution in [1.82, 2.24) is 20.0 Å². The van der Waals surface area contributed by atoms with E-state index in [1.807, 2.05) is 25.1 Å². The lowest BCUT2D eigenvalue weighted by Gasteiger charge is -2.01. The van der Waals surface area contributed by atoms with Crippen LogP contribution in [0.1, 0.15) is 5.56 Å². The summed E-state index contributed by atoms with van der Waals surface area (Å²) in [5.41, 5.74) is 10.0. The number of aryl methyl sites for hydroxylation is 1. The molecule has 5 nitrogen and oxygen atoms in total. The molecule has 3 aromatic rings. The number of hydrogen-bond donors (Lipinski definition) is 1. The molecule has 3 rings (SSSR count). The first-order valence-corrected chi connectivity index (χ1v) is 6.18. The highest BCUT2D eigenvalue weighted by molar-refractivity contribution is 9.10. The molecule has 0 radical (unpaired) electrons. The van der Waals surface area contributed by atoms with E-state index in [9.17, 15) is 0 Å². The van der Waals surface area contributed by atoms with E-state index in [1.165, 1.54) is 0 Å². The van der Waals surface area contributed by atoms with Crippen LogP contribution in [0, 0.1) is 6.92 Å². The van der Waals surface area contributed by atoms with Crippen molar-refractivity contribution >= 4 is 32.7 Å². The Hall–Kier alpha value is -1.95. The number of nitrogens with zero attached hydrogens (tertiary/aromatic N) is 4. The molecule has 1 aromatic carbocycles. The second-order valence-corrected chi connectivity index (χ2v) is 4.78. The lowest BCUT2D eigenvalue weighted by molar-refractivity contribution is 0.761. The Morgan fingerprint density at radius 3 is 2.89 bits per heavy atom. The molecule has 0 unspecified atom stereocenters. The molecule has 0 atom stereocenters. The van der Waals surface area contributed by atoms with Gasteiger partial charge >= 0.3 is 0 Å². The van der Waals surface area contributed by atoms with Crippen LogP contribution >= 0.6 is 15.9 Å². The van der Waals surface area contributed by atoms with Crippen molar-refractivity contribution in [3.63, 3.8) is 0 Å². The van der Waals surface area contributed by atoms with Crippen molar-refractivity contribution in [1.29, 1.82) is 0 Å². The highest BCUT2D eigenvalue weighted by atomic mass is 79.9. The second kappa shape index (κ2) is 4.06. The van der Waals surface area contributed by atoms with E-state index in [1.54, 1.807) is 17.2 Å². The molecule has 0 spiro atoms. The first-order valence-electron chi connectivity index (χ1n) is 5.39. The summed E-state index contributed by atoms with van der Waals surface area (Å²) in [4.78, 5) is 5.61. The lowest BCUT2D eigenvalue weighted by atomic mass is 10.2. The van der Waals surface area contributed by atoms with Crippen molar-refractivity contribution in [2.45, 2.75) is 6.92 Å². The molecule has 2 heterocycles. The molecule has 90 valence electrons. The van der Waals surface area contributed by atoms with Crippen LogP contribution in [0.3, 0.4) is 0 Å². The Balaban J connectivity index is 2.27. The van der Waals surface area contributed by atoms with Gasteiger partial charge in [0.05, 0.1) is 16.4 Å². The van der Waals surface area contributed by atoms with Crippen molar-refractivity contribution in [3.05, 3.63) is 40.6 Å². The molecule has 0 aliphatic heterocycles. The average Bonchev–Trinajstić information content (AvgIpc) is 2.81. The summed E-state index contributed by atoms with van der Waals surface area (Å²) in [6.07, 6.45) is 3.42. The molecule has 0 saturated heterocycles. The van der Waals surface area contributed by atoms with Gasteiger partial charge in [0.1, 0.15) is 16.7 Å². The third-order valence-electron chi connectivity index (χ3n) is 2.74. The fraction of sp³-hybridized carbons (Fsp3) is 0.0833. The zero-order valence-electron chi connectivity index (χ0n) is 9.63. The molecular weight excluding hydrogens is 294 g/mol. The number of nitrogen functional groups attached to an aromatic ring is 1. The number of aromatic nitrogens is 4. The highest BCUT2D eigenvalue weighted by Crippen LogP contribution is 2.30. The molecule has 6 heteroatoms. The smallest absolute Gasteiger partial charge is 0.129 e. The molecule has 0 fully saturated rings. The monoisotopic (exact) mass is 303 g/mol. The average molecular weight is 304 g/mol. The summed E-state index contributed by atoms with van der Waals surface area (Å²) in [5.74, 6) is 0. The first-order chi connectivity index (χ1) is 8.66. The molecule has 0 aliphatic carbocycles. The zero-order valence-corrected chi connectivity index (χ0v) is 11.2. The van der Waals surface area contributed by atoms with Crippen LogP contribution in [0.25, 0.3) is 16.7 Å². The van der Waals surface area contributed by atoms with Crippen LogP contribution in [0.15, 0.2) is 35.1 Å². The predicted octanol–water partition coefficient (Wildman–Crippen LogP) is 2.47. The van der Waals surface area contributed by atoms with E-state index >= 15 is 0 Å². The summed E-state index contributed by atoms with van der Waals surface area (Å²) in [7, 11) is 0. The minimum atomic E-state index is 0.695. The number of halogens is 1. The van der Waals surface area contributed by atoms with Crippen molar-refractivity contribution in [2.75, 3.05) is 5.73 Å². The van der Waals surface area contributed by atoms with Gasteiger partial charge in [0.25, 0.3) is 0 Å². The van der Waals surface area contributed by atoms with E-state index in [2.05, 4.69) is 31.1 Å². The fourth-order valence-electron chi connectivity index (χ4n) is 1.74. The quantitative estimate of drug-likeness (QED) is 0.701. The molecule has 2 N–H and O–H groups in total. The molecule has 0 saturated carbocycles. The van der Waals surface area contributed by atoms with Crippen molar-refractivity contribution in [3.8, 4) is 5.69 Å². The maximum atomic E-state index is 5.96. The fourth-order valence-corrected chi connectivity index (χ4v) is 2.34. The number of rotatable bonds is 1. The number of hydrogen-bond acceptors (Lipinski definition) is 4. The molecule has 18 heavy (non-hydrogen) atoms. The summed E-state index contributed by atoms with van der Waals surface area (Å²) in [6.45, 7) is 1.95. The van der Waals surface area contributed by atoms with Crippen LogP contribution in [0.2, 0.25) is 0 Å². The number of fused-ring (bicyclic) bond motifs is 1. The van der Waals surface area contributed by atoms with Gasteiger partial charge in [-0.05, 0) is 46.6 Å². The van der Waals surface area contributed by atoms with Gasteiger partial charge in [0, 0.05) is 6.20 Å². The Morgan fingerprint density at radius 2 is 2.17 bits per heavy atom. The second-order valence-electron chi connectivity index (χ2n) is 3.99. The Bertz CT molecular complexity index is 720. The number of anilines is 1. The van der Waals surface area contributed by atoms with Crippen LogP contribution in [-0.2, 0) is 0 Å². The van der Waals surface area contributed by atoms with Gasteiger partial charge in [0.2, 0.25) is 0 Å². The summed E-state index contributed by atoms with van der Waals surface area (Å²) in [5, 5.41) is 8.85. The normalized spacial score (nSPS) is 11.0. The van der Waals surface area contributed by atoms with Gasteiger partial charge in [0.15, 0.2) is 0 Å². The largest absolute Gasteiger partial charge is 0.398 e. The van der Waals surface area contributed by atoms with Crippen LogP contribution < -0.4 is 5.73 Å². The third kappa shape index (κ3) is 1.65. The minimum Gasteiger partial charge on any atom is -0.398 e. The van der Waals surface area contributed by atoms with E-state index < -0.39 is 0 Å². The first kappa shape index (κ1) is 11.2. The van der Waals surface area contributed by atoms with Crippen LogP contribution in [0.4, 0.5) is 5.69 Å². The maximum absolute atomic E-state index is 5.96. The van der Waals surface area contributed by atoms with Crippen LogP contribution in [0.5, 0.6) is 0 Å². The van der Waals surface area contributed by atoms with Crippen LogP contribution in [-0.4, -0.2) is 20.0 Å². The molecule has 0 aliphatic rings. The Morgan fingerprint density at radius 1 is 1.33 bits per heavy atom. The van der Waals surface area contributed by atoms with E-state index in [0.717, 1.165) is 26.8 Å². The molecule has 0 bridgehead atoms. The molecule has 2 aromatic heterocycles. The van der Waals surface area contributed by atoms with Crippen molar-refractivity contribution < 1.29 is 0 Å². The van der Waals surface area contributed by atoms with E-state index in [-0.39, 0.29) is 0 Å². The Kier molecular flexibility index (Phi) is 2.52. The Labute approximate surface area is 112 Å². The van der Waals surface area contributed by atoms with Gasteiger partial charge in [-0.25, -0.2) is 0 Å². The van der Waals surface area contributed by atoms with Gasteiger partial charge in [-0.1, -0.05) is 0 Å². The molecular formula is C12H10BrN5. The predicted molar refractivity (Wildman–Crippen MR) is 73.5 cm³/mol. The van der Waals surface area contributed by atoms with Gasteiger partial charge in [-0.3, -0.25) is 4.98 Å². The zero-order chi connectivity index (χ0) is 12.7. The highest BCUT2D eigenvalue weighted by Gasteiger charge is 2.12. The SMILES string of the molecule is Cc1cc2nn(-c3cccnc3)nc2c(Br)c1N. The summed E-state index contributed by atoms with van der Waals surface area (Å²) < 4.78 is 0.785. The van der Waals surface area contributed by atoms with Crippen molar-refractivity contribution in [2.24, 2.45) is 0 Å². The number of nitrogens with two attached hydrogens (primary N) is 1. The number of benzene rings is 1. The lowest BCUT2D eigenvalue weighted by Crippen LogP contribution is -1.98. The van der Waals surface area contributed by atoms with Gasteiger partial charge in [-0.15, -0.1) is 15.0 Å². The van der Waals surface area contributed by atoms with Gasteiger partial charge in [-0.2, -0.15) is 0 Å². The maximum Gasteiger partial charge on any atom is 0.129 e. The topological polar surface area (TPSA) is 69.6 Å². The summed E-state index contributed by atoms with van der Waals surface area (Å²) >= 11 is 3.46. The molecule has 0 amide bonds. The standard InChI is InChI=1S/C12H10BrN5/c1-7-5-9-12(10(13)11(7)14)17-18(16-9)8-3-2-4-15-6-8/h2-6H,14H2,1H3. The number of pyridine rings is 1. The third-order valence-corrected chi connectivity index (χ3v) is 3.54. The van der Waals surface area contributed by atoms with E-state index in [4.69, 9.17) is 5.73 Å². The minimum absolute atomic E-state index is 0.695. The van der Waals surface area contributed by atoms with E-state index in [0.29, 0.717) is 5.69 Å².